The summed E-state index contributed by atoms with van der Waals surface area (Å²) in [5.41, 5.74) is -0.393. The van der Waals surface area contributed by atoms with E-state index < -0.39 is 29.6 Å². The monoisotopic (exact) mass is 418 g/mol. The summed E-state index contributed by atoms with van der Waals surface area (Å²) in [6.45, 7) is 12.6. The van der Waals surface area contributed by atoms with Crippen molar-refractivity contribution in [3.05, 3.63) is 49.6 Å². The average Bonchev–Trinajstić information content (AvgIpc) is 2.68. The first-order valence-electron chi connectivity index (χ1n) is 9.43. The van der Waals surface area contributed by atoms with Crippen molar-refractivity contribution in [3.8, 4) is 5.75 Å². The summed E-state index contributed by atoms with van der Waals surface area (Å²) in [7, 11) is 1.21. The first-order chi connectivity index (χ1) is 14.1. The Balaban J connectivity index is 3.20. The van der Waals surface area contributed by atoms with E-state index in [-0.39, 0.29) is 19.6 Å². The van der Waals surface area contributed by atoms with Gasteiger partial charge in [-0.1, -0.05) is 30.9 Å². The number of hydrogen-bond acceptors (Lipinski definition) is 6. The maximum absolute atomic E-state index is 13.1. The quantitative estimate of drug-likeness (QED) is 0.461. The Kier molecular flexibility index (Phi) is 9.61. The molecule has 8 nitrogen and oxygen atoms in total. The highest BCUT2D eigenvalue weighted by molar-refractivity contribution is 5.99. The molecule has 1 rings (SSSR count). The molecule has 0 aliphatic rings. The fraction of sp³-hybridized carbons (Fsp3) is 0.409. The SMILES string of the molecule is C=CCOc1ccccc1NC(=O)[C@H](CC(=O)OC)N(CC=C)C(=O)OC(C)(C)C. The summed E-state index contributed by atoms with van der Waals surface area (Å²) >= 11 is 0. The topological polar surface area (TPSA) is 94.2 Å². The van der Waals surface area contributed by atoms with Gasteiger partial charge in [0.25, 0.3) is 0 Å². The van der Waals surface area contributed by atoms with Crippen LogP contribution in [0.15, 0.2) is 49.6 Å². The first-order valence-corrected chi connectivity index (χ1v) is 9.43. The maximum Gasteiger partial charge on any atom is 0.411 e. The van der Waals surface area contributed by atoms with Crippen LogP contribution in [-0.4, -0.2) is 54.8 Å². The molecule has 0 fully saturated rings. The van der Waals surface area contributed by atoms with Crippen LogP contribution in [-0.2, 0) is 19.1 Å². The van der Waals surface area contributed by atoms with E-state index in [0.717, 1.165) is 4.90 Å². The Morgan fingerprint density at radius 1 is 1.17 bits per heavy atom. The lowest BCUT2D eigenvalue weighted by Crippen LogP contribution is -2.50. The van der Waals surface area contributed by atoms with Crippen molar-refractivity contribution in [2.24, 2.45) is 0 Å². The molecule has 164 valence electrons. The van der Waals surface area contributed by atoms with E-state index in [9.17, 15) is 14.4 Å². The number of para-hydroxylation sites is 2. The molecule has 0 heterocycles. The van der Waals surface area contributed by atoms with Gasteiger partial charge in [0.15, 0.2) is 0 Å². The third-order valence-electron chi connectivity index (χ3n) is 3.72. The predicted octanol–water partition coefficient (Wildman–Crippen LogP) is 3.54. The number of carbonyl (C=O) groups is 3. The molecule has 1 aromatic rings. The van der Waals surface area contributed by atoms with E-state index in [0.29, 0.717) is 11.4 Å². The van der Waals surface area contributed by atoms with Gasteiger partial charge in [-0.3, -0.25) is 14.5 Å². The molecule has 0 unspecified atom stereocenters. The van der Waals surface area contributed by atoms with Crippen LogP contribution in [0.2, 0.25) is 0 Å². The number of nitrogens with one attached hydrogen (secondary N) is 1. The zero-order chi connectivity index (χ0) is 22.7. The fourth-order valence-corrected chi connectivity index (χ4v) is 2.43. The Morgan fingerprint density at radius 2 is 1.83 bits per heavy atom. The van der Waals surface area contributed by atoms with Crippen molar-refractivity contribution in [2.45, 2.75) is 38.8 Å². The van der Waals surface area contributed by atoms with Gasteiger partial charge in [0, 0.05) is 6.54 Å². The van der Waals surface area contributed by atoms with Gasteiger partial charge < -0.3 is 19.5 Å². The molecule has 8 heteroatoms. The highest BCUT2D eigenvalue weighted by Crippen LogP contribution is 2.25. The minimum absolute atomic E-state index is 0.00138. The molecule has 0 saturated carbocycles. The smallest absolute Gasteiger partial charge is 0.411 e. The minimum Gasteiger partial charge on any atom is -0.487 e. The standard InChI is InChI=1S/C22H30N2O6/c1-7-13-24(21(27)30-22(3,4)5)17(15-19(25)28-6)20(26)23-16-11-9-10-12-18(16)29-14-8-2/h7-12,17H,1-2,13-15H2,3-6H3,(H,23,26)/t17-/m0/s1. The molecule has 2 amide bonds. The van der Waals surface area contributed by atoms with Crippen molar-refractivity contribution >= 4 is 23.7 Å². The number of rotatable bonds is 10. The molecule has 30 heavy (non-hydrogen) atoms. The van der Waals surface area contributed by atoms with Crippen LogP contribution in [0.1, 0.15) is 27.2 Å². The van der Waals surface area contributed by atoms with Gasteiger partial charge >= 0.3 is 12.1 Å². The lowest BCUT2D eigenvalue weighted by atomic mass is 10.1. The van der Waals surface area contributed by atoms with Crippen LogP contribution in [0.5, 0.6) is 5.75 Å². The predicted molar refractivity (Wildman–Crippen MR) is 114 cm³/mol. The number of esters is 1. The molecule has 0 saturated heterocycles. The Hall–Kier alpha value is -3.29. The summed E-state index contributed by atoms with van der Waals surface area (Å²) < 4.78 is 15.6. The van der Waals surface area contributed by atoms with Crippen molar-refractivity contribution in [1.29, 1.82) is 0 Å². The lowest BCUT2D eigenvalue weighted by molar-refractivity contribution is -0.143. The molecule has 0 radical (unpaired) electrons. The van der Waals surface area contributed by atoms with Gasteiger partial charge in [0.2, 0.25) is 5.91 Å². The number of methoxy groups -OCH3 is 1. The lowest BCUT2D eigenvalue weighted by Gasteiger charge is -2.31. The second-order valence-electron chi connectivity index (χ2n) is 7.30. The molecule has 0 aliphatic heterocycles. The van der Waals surface area contributed by atoms with Gasteiger partial charge in [-0.25, -0.2) is 4.79 Å². The van der Waals surface area contributed by atoms with Gasteiger partial charge in [0.1, 0.15) is 24.0 Å². The molecule has 0 aromatic heterocycles. The number of benzene rings is 1. The molecular formula is C22H30N2O6. The Bertz CT molecular complexity index is 769. The van der Waals surface area contributed by atoms with Gasteiger partial charge in [-0.15, -0.1) is 6.58 Å². The Labute approximate surface area is 177 Å². The first kappa shape index (κ1) is 24.7. The molecule has 1 N–H and O–H groups in total. The van der Waals surface area contributed by atoms with Gasteiger partial charge in [-0.05, 0) is 32.9 Å². The van der Waals surface area contributed by atoms with Crippen LogP contribution in [0, 0.1) is 0 Å². The minimum atomic E-state index is -1.18. The van der Waals surface area contributed by atoms with Gasteiger partial charge in [-0.2, -0.15) is 0 Å². The normalized spacial score (nSPS) is 11.6. The maximum atomic E-state index is 13.1. The third-order valence-corrected chi connectivity index (χ3v) is 3.72. The van der Waals surface area contributed by atoms with Crippen molar-refractivity contribution in [2.75, 3.05) is 25.6 Å². The zero-order valence-electron chi connectivity index (χ0n) is 18.0. The van der Waals surface area contributed by atoms with E-state index >= 15 is 0 Å². The van der Waals surface area contributed by atoms with E-state index in [2.05, 4.69) is 18.5 Å². The number of nitrogens with zero attached hydrogens (tertiary/aromatic N) is 1. The summed E-state index contributed by atoms with van der Waals surface area (Å²) in [5.74, 6) is -0.818. The number of ether oxygens (including phenoxy) is 3. The number of carbonyl (C=O) groups excluding carboxylic acids is 3. The van der Waals surface area contributed by atoms with Crippen LogP contribution in [0.25, 0.3) is 0 Å². The highest BCUT2D eigenvalue weighted by atomic mass is 16.6. The van der Waals surface area contributed by atoms with E-state index in [4.69, 9.17) is 14.2 Å². The van der Waals surface area contributed by atoms with Crippen LogP contribution >= 0.6 is 0 Å². The average molecular weight is 418 g/mol. The molecular weight excluding hydrogens is 388 g/mol. The van der Waals surface area contributed by atoms with Crippen LogP contribution in [0.4, 0.5) is 10.5 Å². The summed E-state index contributed by atoms with van der Waals surface area (Å²) in [4.78, 5) is 38.9. The highest BCUT2D eigenvalue weighted by Gasteiger charge is 2.34. The number of hydrogen-bond donors (Lipinski definition) is 1. The third kappa shape index (κ3) is 7.98. The Morgan fingerprint density at radius 3 is 2.40 bits per heavy atom. The summed E-state index contributed by atoms with van der Waals surface area (Å²) in [6.07, 6.45) is 1.92. The van der Waals surface area contributed by atoms with Gasteiger partial charge in [0.05, 0.1) is 19.2 Å². The van der Waals surface area contributed by atoms with Crippen molar-refractivity contribution in [1.82, 2.24) is 4.90 Å². The van der Waals surface area contributed by atoms with Crippen molar-refractivity contribution in [3.63, 3.8) is 0 Å². The van der Waals surface area contributed by atoms with Crippen LogP contribution in [0.3, 0.4) is 0 Å². The fourth-order valence-electron chi connectivity index (χ4n) is 2.43. The molecule has 0 bridgehead atoms. The summed E-state index contributed by atoms with van der Waals surface area (Å²) in [5, 5.41) is 2.72. The largest absolute Gasteiger partial charge is 0.487 e. The molecule has 0 spiro atoms. The summed E-state index contributed by atoms with van der Waals surface area (Å²) in [6, 6.07) is 5.63. The number of anilines is 1. The second kappa shape index (κ2) is 11.6. The van der Waals surface area contributed by atoms with E-state index in [1.54, 1.807) is 51.1 Å². The number of amides is 2. The van der Waals surface area contributed by atoms with Crippen LogP contribution < -0.4 is 10.1 Å². The molecule has 0 aliphatic carbocycles. The molecule has 1 aromatic carbocycles. The van der Waals surface area contributed by atoms with E-state index in [1.807, 2.05) is 0 Å². The van der Waals surface area contributed by atoms with Crippen molar-refractivity contribution < 1.29 is 28.6 Å². The van der Waals surface area contributed by atoms with E-state index in [1.165, 1.54) is 13.2 Å². The zero-order valence-corrected chi connectivity index (χ0v) is 18.0. The second-order valence-corrected chi connectivity index (χ2v) is 7.30. The molecule has 1 atom stereocenters.